The first-order chi connectivity index (χ1) is 12.2. The SMILES string of the molecule is CCC(NC(=O)C(C)Oc1cc(C)cc(C)c1C)c1ccc(C)cc1C. The van der Waals surface area contributed by atoms with E-state index in [2.05, 4.69) is 57.3 Å². The van der Waals surface area contributed by atoms with Crippen molar-refractivity contribution < 1.29 is 9.53 Å². The number of aryl methyl sites for hydroxylation is 4. The van der Waals surface area contributed by atoms with Gasteiger partial charge in [-0.1, -0.05) is 36.8 Å². The van der Waals surface area contributed by atoms with E-state index in [-0.39, 0.29) is 11.9 Å². The molecule has 0 aliphatic rings. The van der Waals surface area contributed by atoms with Crippen LogP contribution in [0, 0.1) is 34.6 Å². The van der Waals surface area contributed by atoms with E-state index in [1.165, 1.54) is 22.3 Å². The average Bonchev–Trinajstić information content (AvgIpc) is 2.57. The maximum Gasteiger partial charge on any atom is 0.261 e. The first-order valence-corrected chi connectivity index (χ1v) is 9.35. The van der Waals surface area contributed by atoms with Crippen LogP contribution in [0.4, 0.5) is 0 Å². The Morgan fingerprint density at radius 3 is 2.27 bits per heavy atom. The predicted octanol–water partition coefficient (Wildman–Crippen LogP) is 5.26. The number of carbonyl (C=O) groups is 1. The zero-order valence-electron chi connectivity index (χ0n) is 17.1. The van der Waals surface area contributed by atoms with Crippen molar-refractivity contribution in [2.45, 2.75) is 67.0 Å². The largest absolute Gasteiger partial charge is 0.481 e. The summed E-state index contributed by atoms with van der Waals surface area (Å²) in [7, 11) is 0. The van der Waals surface area contributed by atoms with E-state index >= 15 is 0 Å². The normalized spacial score (nSPS) is 13.2. The zero-order valence-corrected chi connectivity index (χ0v) is 17.1. The van der Waals surface area contributed by atoms with E-state index in [1.54, 1.807) is 6.92 Å². The summed E-state index contributed by atoms with van der Waals surface area (Å²) in [6, 6.07) is 10.5. The lowest BCUT2D eigenvalue weighted by atomic mass is 9.97. The standard InChI is InChI=1S/C23H31NO2/c1-8-21(20-10-9-14(2)11-17(20)5)24-23(25)19(7)26-22-13-15(3)12-16(4)18(22)6/h9-13,19,21H,8H2,1-7H3,(H,24,25). The molecule has 2 rings (SSSR count). The molecular formula is C23H31NO2. The summed E-state index contributed by atoms with van der Waals surface area (Å²) in [5.74, 6) is 0.695. The summed E-state index contributed by atoms with van der Waals surface area (Å²) in [6.07, 6.45) is 0.292. The second-order valence-electron chi connectivity index (χ2n) is 7.29. The Bertz CT molecular complexity index is 795. The van der Waals surface area contributed by atoms with Gasteiger partial charge in [-0.25, -0.2) is 0 Å². The molecule has 2 atom stereocenters. The number of hydrogen-bond donors (Lipinski definition) is 1. The Hall–Kier alpha value is -2.29. The Labute approximate surface area is 157 Å². The van der Waals surface area contributed by atoms with Crippen molar-refractivity contribution in [3.8, 4) is 5.75 Å². The topological polar surface area (TPSA) is 38.3 Å². The molecule has 140 valence electrons. The minimum absolute atomic E-state index is 0.00510. The van der Waals surface area contributed by atoms with Crippen LogP contribution in [0.3, 0.4) is 0 Å². The van der Waals surface area contributed by atoms with Gasteiger partial charge >= 0.3 is 0 Å². The van der Waals surface area contributed by atoms with Gasteiger partial charge in [0.2, 0.25) is 0 Å². The molecule has 0 aromatic heterocycles. The molecule has 1 amide bonds. The molecule has 0 fully saturated rings. The maximum absolute atomic E-state index is 12.7. The van der Waals surface area contributed by atoms with Gasteiger partial charge in [-0.15, -0.1) is 0 Å². The first-order valence-electron chi connectivity index (χ1n) is 9.35. The quantitative estimate of drug-likeness (QED) is 0.769. The van der Waals surface area contributed by atoms with E-state index in [0.717, 1.165) is 23.3 Å². The van der Waals surface area contributed by atoms with Gasteiger partial charge in [0, 0.05) is 0 Å². The van der Waals surface area contributed by atoms with Crippen molar-refractivity contribution in [2.75, 3.05) is 0 Å². The van der Waals surface area contributed by atoms with Crippen LogP contribution >= 0.6 is 0 Å². The van der Waals surface area contributed by atoms with Gasteiger partial charge in [0.05, 0.1) is 6.04 Å². The van der Waals surface area contributed by atoms with E-state index < -0.39 is 6.10 Å². The van der Waals surface area contributed by atoms with Crippen molar-refractivity contribution >= 4 is 5.91 Å². The highest BCUT2D eigenvalue weighted by Crippen LogP contribution is 2.25. The molecule has 0 radical (unpaired) electrons. The predicted molar refractivity (Wildman–Crippen MR) is 108 cm³/mol. The molecule has 0 aliphatic heterocycles. The lowest BCUT2D eigenvalue weighted by molar-refractivity contribution is -0.128. The lowest BCUT2D eigenvalue weighted by Gasteiger charge is -2.23. The Balaban J connectivity index is 2.12. The molecule has 3 heteroatoms. The van der Waals surface area contributed by atoms with Crippen LogP contribution in [0.25, 0.3) is 0 Å². The summed E-state index contributed by atoms with van der Waals surface area (Å²) in [4.78, 5) is 12.7. The smallest absolute Gasteiger partial charge is 0.261 e. The van der Waals surface area contributed by atoms with Crippen molar-refractivity contribution in [2.24, 2.45) is 0 Å². The maximum atomic E-state index is 12.7. The molecule has 0 saturated heterocycles. The Morgan fingerprint density at radius 2 is 1.65 bits per heavy atom. The molecule has 0 spiro atoms. The van der Waals surface area contributed by atoms with Crippen LogP contribution in [0.5, 0.6) is 5.75 Å². The van der Waals surface area contributed by atoms with Gasteiger partial charge in [0.15, 0.2) is 6.10 Å². The number of hydrogen-bond acceptors (Lipinski definition) is 2. The molecule has 3 nitrogen and oxygen atoms in total. The van der Waals surface area contributed by atoms with Crippen LogP contribution in [-0.2, 0) is 4.79 Å². The van der Waals surface area contributed by atoms with Crippen LogP contribution in [0.15, 0.2) is 30.3 Å². The first kappa shape index (κ1) is 20.0. The summed E-state index contributed by atoms with van der Waals surface area (Å²) in [5, 5.41) is 3.15. The molecule has 0 saturated carbocycles. The third kappa shape index (κ3) is 4.66. The fraction of sp³-hybridized carbons (Fsp3) is 0.435. The molecule has 2 aromatic rings. The fourth-order valence-corrected chi connectivity index (χ4v) is 3.27. The van der Waals surface area contributed by atoms with E-state index in [0.29, 0.717) is 0 Å². The summed E-state index contributed by atoms with van der Waals surface area (Å²) >= 11 is 0. The van der Waals surface area contributed by atoms with Crippen LogP contribution in [-0.4, -0.2) is 12.0 Å². The van der Waals surface area contributed by atoms with Crippen molar-refractivity contribution in [1.82, 2.24) is 5.32 Å². The number of carbonyl (C=O) groups excluding carboxylic acids is 1. The lowest BCUT2D eigenvalue weighted by Crippen LogP contribution is -2.38. The highest BCUT2D eigenvalue weighted by atomic mass is 16.5. The van der Waals surface area contributed by atoms with Gasteiger partial charge in [-0.05, 0) is 81.8 Å². The number of rotatable bonds is 6. The van der Waals surface area contributed by atoms with E-state index in [1.807, 2.05) is 19.9 Å². The minimum atomic E-state index is -0.547. The monoisotopic (exact) mass is 353 g/mol. The Kier molecular flexibility index (Phi) is 6.47. The molecule has 2 aromatic carbocycles. The number of benzene rings is 2. The van der Waals surface area contributed by atoms with Crippen molar-refractivity contribution in [3.63, 3.8) is 0 Å². The van der Waals surface area contributed by atoms with Gasteiger partial charge in [0.25, 0.3) is 5.91 Å². The minimum Gasteiger partial charge on any atom is -0.481 e. The van der Waals surface area contributed by atoms with Crippen LogP contribution in [0.1, 0.15) is 59.7 Å². The van der Waals surface area contributed by atoms with Gasteiger partial charge in [0.1, 0.15) is 5.75 Å². The van der Waals surface area contributed by atoms with Crippen molar-refractivity contribution in [1.29, 1.82) is 0 Å². The third-order valence-electron chi connectivity index (χ3n) is 4.96. The molecular weight excluding hydrogens is 322 g/mol. The summed E-state index contributed by atoms with van der Waals surface area (Å²) in [5.41, 5.74) is 7.00. The second-order valence-corrected chi connectivity index (χ2v) is 7.29. The number of amides is 1. The van der Waals surface area contributed by atoms with Gasteiger partial charge in [-0.2, -0.15) is 0 Å². The highest BCUT2D eigenvalue weighted by molar-refractivity contribution is 5.81. The molecule has 26 heavy (non-hydrogen) atoms. The van der Waals surface area contributed by atoms with E-state index in [4.69, 9.17) is 4.74 Å². The molecule has 0 bridgehead atoms. The second kappa shape index (κ2) is 8.39. The average molecular weight is 354 g/mol. The van der Waals surface area contributed by atoms with Crippen molar-refractivity contribution in [3.05, 3.63) is 63.7 Å². The molecule has 0 aliphatic carbocycles. The van der Waals surface area contributed by atoms with Gasteiger partial charge in [-0.3, -0.25) is 4.79 Å². The fourth-order valence-electron chi connectivity index (χ4n) is 3.27. The van der Waals surface area contributed by atoms with Gasteiger partial charge < -0.3 is 10.1 Å². The zero-order chi connectivity index (χ0) is 19.4. The summed E-state index contributed by atoms with van der Waals surface area (Å²) in [6.45, 7) is 14.2. The van der Waals surface area contributed by atoms with Crippen LogP contribution < -0.4 is 10.1 Å². The third-order valence-corrected chi connectivity index (χ3v) is 4.96. The highest BCUT2D eigenvalue weighted by Gasteiger charge is 2.21. The number of ether oxygens (including phenoxy) is 1. The molecule has 0 heterocycles. The summed E-state index contributed by atoms with van der Waals surface area (Å²) < 4.78 is 5.99. The molecule has 2 unspecified atom stereocenters. The number of nitrogens with one attached hydrogen (secondary N) is 1. The van der Waals surface area contributed by atoms with E-state index in [9.17, 15) is 4.79 Å². The molecule has 1 N–H and O–H groups in total. The Morgan fingerprint density at radius 1 is 1.00 bits per heavy atom. The van der Waals surface area contributed by atoms with Crippen LogP contribution in [0.2, 0.25) is 0 Å².